The summed E-state index contributed by atoms with van der Waals surface area (Å²) < 4.78 is 22.1. The van der Waals surface area contributed by atoms with Crippen molar-refractivity contribution in [2.45, 2.75) is 25.5 Å². The molecule has 0 saturated heterocycles. The van der Waals surface area contributed by atoms with Crippen LogP contribution in [0.15, 0.2) is 18.3 Å². The number of nitrogens with one attached hydrogen (secondary N) is 2. The molecule has 0 aliphatic carbocycles. The van der Waals surface area contributed by atoms with Crippen molar-refractivity contribution in [3.63, 3.8) is 0 Å². The molecule has 7 heteroatoms. The van der Waals surface area contributed by atoms with Gasteiger partial charge in [0.1, 0.15) is 5.82 Å². The molecule has 0 radical (unpaired) electrons. The molecular weight excluding hydrogens is 278 g/mol. The molecule has 1 aromatic rings. The van der Waals surface area contributed by atoms with Crippen LogP contribution in [-0.2, 0) is 9.84 Å². The SMILES string of the molecule is CCNc1ccc(C(=O)NCC(C)(C)S(C)(=O)=O)cn1. The van der Waals surface area contributed by atoms with Crippen LogP contribution in [0.5, 0.6) is 0 Å². The first-order valence-corrected chi connectivity index (χ1v) is 8.24. The second kappa shape index (κ2) is 6.21. The van der Waals surface area contributed by atoms with E-state index >= 15 is 0 Å². The number of nitrogens with zero attached hydrogens (tertiary/aromatic N) is 1. The Morgan fingerprint density at radius 3 is 2.45 bits per heavy atom. The van der Waals surface area contributed by atoms with E-state index < -0.39 is 14.6 Å². The van der Waals surface area contributed by atoms with Crippen LogP contribution in [-0.4, -0.2) is 43.4 Å². The normalized spacial score (nSPS) is 12.0. The van der Waals surface area contributed by atoms with Crippen molar-refractivity contribution in [2.75, 3.05) is 24.7 Å². The van der Waals surface area contributed by atoms with Gasteiger partial charge in [-0.2, -0.15) is 0 Å². The van der Waals surface area contributed by atoms with Crippen molar-refractivity contribution in [1.82, 2.24) is 10.3 Å². The number of rotatable bonds is 6. The van der Waals surface area contributed by atoms with Crippen molar-refractivity contribution in [3.05, 3.63) is 23.9 Å². The van der Waals surface area contributed by atoms with E-state index in [1.165, 1.54) is 6.20 Å². The van der Waals surface area contributed by atoms with Gasteiger partial charge in [0.25, 0.3) is 5.91 Å². The lowest BCUT2D eigenvalue weighted by molar-refractivity contribution is 0.0950. The second-order valence-corrected chi connectivity index (χ2v) is 7.83. The molecular formula is C13H21N3O3S. The van der Waals surface area contributed by atoms with Crippen molar-refractivity contribution >= 4 is 21.6 Å². The van der Waals surface area contributed by atoms with Crippen molar-refractivity contribution in [3.8, 4) is 0 Å². The summed E-state index contributed by atoms with van der Waals surface area (Å²) in [6.45, 7) is 5.92. The Balaban J connectivity index is 2.68. The number of anilines is 1. The lowest BCUT2D eigenvalue weighted by atomic mass is 10.2. The number of pyridine rings is 1. The van der Waals surface area contributed by atoms with Crippen LogP contribution in [0.2, 0.25) is 0 Å². The van der Waals surface area contributed by atoms with Gasteiger partial charge in [-0.05, 0) is 32.9 Å². The van der Waals surface area contributed by atoms with E-state index in [-0.39, 0.29) is 12.5 Å². The summed E-state index contributed by atoms with van der Waals surface area (Å²) in [7, 11) is -3.23. The Morgan fingerprint density at radius 1 is 1.35 bits per heavy atom. The van der Waals surface area contributed by atoms with Crippen molar-refractivity contribution < 1.29 is 13.2 Å². The first-order chi connectivity index (χ1) is 9.17. The molecule has 0 aliphatic heterocycles. The van der Waals surface area contributed by atoms with Gasteiger partial charge in [0, 0.05) is 25.5 Å². The van der Waals surface area contributed by atoms with E-state index in [4.69, 9.17) is 0 Å². The van der Waals surface area contributed by atoms with Gasteiger partial charge in [0.2, 0.25) is 0 Å². The Morgan fingerprint density at radius 2 is 2.00 bits per heavy atom. The van der Waals surface area contributed by atoms with E-state index in [1.54, 1.807) is 26.0 Å². The van der Waals surface area contributed by atoms with Crippen molar-refractivity contribution in [1.29, 1.82) is 0 Å². The molecule has 0 unspecified atom stereocenters. The number of sulfone groups is 1. The van der Waals surface area contributed by atoms with Crippen LogP contribution in [0.1, 0.15) is 31.1 Å². The van der Waals surface area contributed by atoms with Gasteiger partial charge in [-0.3, -0.25) is 4.79 Å². The minimum absolute atomic E-state index is 0.0552. The zero-order chi connectivity index (χ0) is 15.4. The maximum absolute atomic E-state index is 11.9. The molecule has 20 heavy (non-hydrogen) atoms. The third kappa shape index (κ3) is 4.19. The molecule has 6 nitrogen and oxygen atoms in total. The molecule has 0 saturated carbocycles. The molecule has 1 heterocycles. The Kier molecular flexibility index (Phi) is 5.10. The molecule has 0 spiro atoms. The Hall–Kier alpha value is -1.63. The van der Waals surface area contributed by atoms with E-state index in [1.807, 2.05) is 6.92 Å². The number of amides is 1. The number of carbonyl (C=O) groups is 1. The van der Waals surface area contributed by atoms with Crippen LogP contribution in [0, 0.1) is 0 Å². The van der Waals surface area contributed by atoms with Gasteiger partial charge in [0.15, 0.2) is 9.84 Å². The number of aromatic nitrogens is 1. The number of hydrogen-bond donors (Lipinski definition) is 2. The fourth-order valence-corrected chi connectivity index (χ4v) is 1.67. The smallest absolute Gasteiger partial charge is 0.252 e. The molecule has 1 aromatic heterocycles. The molecule has 2 N–H and O–H groups in total. The van der Waals surface area contributed by atoms with Crippen LogP contribution < -0.4 is 10.6 Å². The minimum Gasteiger partial charge on any atom is -0.370 e. The average molecular weight is 299 g/mol. The summed E-state index contributed by atoms with van der Waals surface area (Å²) in [6, 6.07) is 3.36. The van der Waals surface area contributed by atoms with E-state index in [0.29, 0.717) is 11.4 Å². The van der Waals surface area contributed by atoms with Crippen molar-refractivity contribution in [2.24, 2.45) is 0 Å². The fourth-order valence-electron chi connectivity index (χ4n) is 1.34. The molecule has 0 aromatic carbocycles. The summed E-state index contributed by atoms with van der Waals surface area (Å²) in [4.78, 5) is 16.0. The molecule has 1 rings (SSSR count). The zero-order valence-corrected chi connectivity index (χ0v) is 13.0. The average Bonchev–Trinajstić information content (AvgIpc) is 2.36. The van der Waals surface area contributed by atoms with Crippen LogP contribution in [0.25, 0.3) is 0 Å². The van der Waals surface area contributed by atoms with Crippen LogP contribution in [0.3, 0.4) is 0 Å². The number of hydrogen-bond acceptors (Lipinski definition) is 5. The van der Waals surface area contributed by atoms with Crippen LogP contribution >= 0.6 is 0 Å². The van der Waals surface area contributed by atoms with Gasteiger partial charge >= 0.3 is 0 Å². The third-order valence-corrected chi connectivity index (χ3v) is 5.21. The highest BCUT2D eigenvalue weighted by molar-refractivity contribution is 7.92. The Bertz CT molecular complexity index is 565. The monoisotopic (exact) mass is 299 g/mol. The zero-order valence-electron chi connectivity index (χ0n) is 12.2. The first kappa shape index (κ1) is 16.4. The quantitative estimate of drug-likeness (QED) is 0.820. The lowest BCUT2D eigenvalue weighted by Crippen LogP contribution is -2.43. The maximum Gasteiger partial charge on any atom is 0.252 e. The maximum atomic E-state index is 11.9. The van der Waals surface area contributed by atoms with E-state index in [2.05, 4.69) is 15.6 Å². The van der Waals surface area contributed by atoms with Gasteiger partial charge in [-0.15, -0.1) is 0 Å². The molecule has 1 amide bonds. The molecule has 0 aliphatic rings. The van der Waals surface area contributed by atoms with Crippen LogP contribution in [0.4, 0.5) is 5.82 Å². The Labute approximate surface area is 119 Å². The topological polar surface area (TPSA) is 88.2 Å². The highest BCUT2D eigenvalue weighted by atomic mass is 32.2. The van der Waals surface area contributed by atoms with Gasteiger partial charge in [-0.1, -0.05) is 0 Å². The highest BCUT2D eigenvalue weighted by Crippen LogP contribution is 2.13. The molecule has 0 bridgehead atoms. The van der Waals surface area contributed by atoms with Gasteiger partial charge in [-0.25, -0.2) is 13.4 Å². The summed E-state index contributed by atoms with van der Waals surface area (Å²) in [5.74, 6) is 0.359. The molecule has 112 valence electrons. The summed E-state index contributed by atoms with van der Waals surface area (Å²) in [5.41, 5.74) is 0.399. The summed E-state index contributed by atoms with van der Waals surface area (Å²) >= 11 is 0. The molecule has 0 atom stereocenters. The lowest BCUT2D eigenvalue weighted by Gasteiger charge is -2.22. The highest BCUT2D eigenvalue weighted by Gasteiger charge is 2.30. The number of carbonyl (C=O) groups excluding carboxylic acids is 1. The predicted molar refractivity (Wildman–Crippen MR) is 79.7 cm³/mol. The fraction of sp³-hybridized carbons (Fsp3) is 0.538. The standard InChI is InChI=1S/C13H21N3O3S/c1-5-14-11-7-6-10(8-15-11)12(17)16-9-13(2,3)20(4,18)19/h6-8H,5,9H2,1-4H3,(H,14,15)(H,16,17). The second-order valence-electron chi connectivity index (χ2n) is 5.18. The molecule has 0 fully saturated rings. The van der Waals surface area contributed by atoms with E-state index in [0.717, 1.165) is 12.8 Å². The largest absolute Gasteiger partial charge is 0.370 e. The van der Waals surface area contributed by atoms with Gasteiger partial charge < -0.3 is 10.6 Å². The summed E-state index contributed by atoms with van der Waals surface area (Å²) in [6.07, 6.45) is 2.62. The predicted octanol–water partition coefficient (Wildman–Crippen LogP) is 1.07. The third-order valence-electron chi connectivity index (χ3n) is 3.06. The first-order valence-electron chi connectivity index (χ1n) is 6.35. The van der Waals surface area contributed by atoms with Gasteiger partial charge in [0.05, 0.1) is 10.3 Å². The van der Waals surface area contributed by atoms with E-state index in [9.17, 15) is 13.2 Å². The minimum atomic E-state index is -3.23. The summed E-state index contributed by atoms with van der Waals surface area (Å²) in [5, 5.41) is 5.65.